The lowest BCUT2D eigenvalue weighted by Crippen LogP contribution is -2.34. The van der Waals surface area contributed by atoms with Crippen LogP contribution in [0.2, 0.25) is 0 Å². The second kappa shape index (κ2) is 5.46. The van der Waals surface area contributed by atoms with Gasteiger partial charge >= 0.3 is 5.97 Å². The number of nitrogens with zero attached hydrogens (tertiary/aromatic N) is 1. The molecule has 0 bridgehead atoms. The molecule has 1 fully saturated rings. The van der Waals surface area contributed by atoms with Crippen molar-refractivity contribution in [2.24, 2.45) is 5.92 Å². The number of hydrogen-bond donors (Lipinski definition) is 0. The summed E-state index contributed by atoms with van der Waals surface area (Å²) < 4.78 is 5.32. The fourth-order valence-corrected chi connectivity index (χ4v) is 2.68. The van der Waals surface area contributed by atoms with Crippen molar-refractivity contribution < 1.29 is 9.53 Å². The minimum absolute atomic E-state index is 0.178. The monoisotopic (exact) mass is 239 g/mol. The molecule has 1 aromatic heterocycles. The second-order valence-corrected chi connectivity index (χ2v) is 5.29. The molecule has 4 heteroatoms. The van der Waals surface area contributed by atoms with Gasteiger partial charge in [-0.3, -0.25) is 0 Å². The minimum atomic E-state index is -0.178. The smallest absolute Gasteiger partial charge is 0.348 e. The third-order valence-electron chi connectivity index (χ3n) is 2.89. The van der Waals surface area contributed by atoms with Crippen molar-refractivity contribution >= 4 is 17.3 Å². The molecule has 1 saturated heterocycles. The van der Waals surface area contributed by atoms with Gasteiger partial charge in [-0.15, -0.1) is 11.3 Å². The summed E-state index contributed by atoms with van der Waals surface area (Å²) in [6.07, 6.45) is 2.37. The van der Waals surface area contributed by atoms with Gasteiger partial charge in [0.1, 0.15) is 4.88 Å². The summed E-state index contributed by atoms with van der Waals surface area (Å²) in [6, 6.07) is 3.68. The number of likely N-dealkylation sites (tertiary alicyclic amines) is 1. The summed E-state index contributed by atoms with van der Waals surface area (Å²) in [5, 5.41) is 1.89. The van der Waals surface area contributed by atoms with Gasteiger partial charge in [0.2, 0.25) is 0 Å². The summed E-state index contributed by atoms with van der Waals surface area (Å²) in [7, 11) is 2.12. The maximum atomic E-state index is 11.6. The molecule has 0 amide bonds. The summed E-state index contributed by atoms with van der Waals surface area (Å²) >= 11 is 1.43. The molecule has 88 valence electrons. The number of esters is 1. The molecule has 1 aliphatic rings. The zero-order valence-corrected chi connectivity index (χ0v) is 10.3. The number of thiophene rings is 1. The Kier molecular flexibility index (Phi) is 3.96. The summed E-state index contributed by atoms with van der Waals surface area (Å²) in [4.78, 5) is 14.6. The Morgan fingerprint density at radius 3 is 3.25 bits per heavy atom. The Labute approximate surface area is 100 Å². The Morgan fingerprint density at radius 1 is 1.69 bits per heavy atom. The molecule has 0 unspecified atom stereocenters. The van der Waals surface area contributed by atoms with Gasteiger partial charge in [-0.25, -0.2) is 4.79 Å². The predicted molar refractivity (Wildman–Crippen MR) is 64.8 cm³/mol. The lowest BCUT2D eigenvalue weighted by Gasteiger charge is -2.29. The Balaban J connectivity index is 1.77. The Bertz CT molecular complexity index is 337. The highest BCUT2D eigenvalue weighted by molar-refractivity contribution is 7.11. The molecule has 1 atom stereocenters. The molecule has 16 heavy (non-hydrogen) atoms. The first-order valence-electron chi connectivity index (χ1n) is 5.65. The number of carbonyl (C=O) groups excluding carboxylic acids is 1. The predicted octanol–water partition coefficient (Wildman–Crippen LogP) is 2.25. The molecule has 2 heterocycles. The van der Waals surface area contributed by atoms with E-state index in [1.54, 1.807) is 6.07 Å². The first-order chi connectivity index (χ1) is 7.75. The molecule has 1 aromatic rings. The van der Waals surface area contributed by atoms with E-state index >= 15 is 0 Å². The molecular weight excluding hydrogens is 222 g/mol. The van der Waals surface area contributed by atoms with Gasteiger partial charge in [-0.1, -0.05) is 6.07 Å². The Hall–Kier alpha value is -0.870. The van der Waals surface area contributed by atoms with Crippen LogP contribution in [-0.2, 0) is 4.74 Å². The van der Waals surface area contributed by atoms with E-state index in [0.717, 1.165) is 13.1 Å². The molecule has 1 aliphatic heterocycles. The van der Waals surface area contributed by atoms with Crippen LogP contribution in [-0.4, -0.2) is 37.6 Å². The van der Waals surface area contributed by atoms with Crippen LogP contribution in [0.4, 0.5) is 0 Å². The summed E-state index contributed by atoms with van der Waals surface area (Å²) in [6.45, 7) is 2.76. The number of hydrogen-bond acceptors (Lipinski definition) is 4. The SMILES string of the molecule is CN1CCC[C@H](COC(=O)c2cccs2)C1. The fourth-order valence-electron chi connectivity index (χ4n) is 2.07. The zero-order valence-electron chi connectivity index (χ0n) is 9.52. The molecule has 0 radical (unpaired) electrons. The van der Waals surface area contributed by atoms with Crippen molar-refractivity contribution in [1.82, 2.24) is 4.90 Å². The van der Waals surface area contributed by atoms with E-state index in [-0.39, 0.29) is 5.97 Å². The van der Waals surface area contributed by atoms with Gasteiger partial charge in [0.25, 0.3) is 0 Å². The van der Waals surface area contributed by atoms with Crippen molar-refractivity contribution in [3.63, 3.8) is 0 Å². The third-order valence-corrected chi connectivity index (χ3v) is 3.74. The van der Waals surface area contributed by atoms with Crippen molar-refractivity contribution in [2.75, 3.05) is 26.7 Å². The standard InChI is InChI=1S/C12H17NO2S/c1-13-6-2-4-10(8-13)9-15-12(14)11-5-3-7-16-11/h3,5,7,10H,2,4,6,8-9H2,1H3/t10-/m0/s1. The lowest BCUT2D eigenvalue weighted by atomic mass is 10.00. The van der Waals surface area contributed by atoms with Crippen LogP contribution in [0.15, 0.2) is 17.5 Å². The molecule has 0 spiro atoms. The summed E-state index contributed by atoms with van der Waals surface area (Å²) in [5.41, 5.74) is 0. The molecule has 2 rings (SSSR count). The fraction of sp³-hybridized carbons (Fsp3) is 0.583. The van der Waals surface area contributed by atoms with E-state index in [2.05, 4.69) is 11.9 Å². The normalized spacial score (nSPS) is 21.9. The van der Waals surface area contributed by atoms with Crippen LogP contribution in [0.3, 0.4) is 0 Å². The minimum Gasteiger partial charge on any atom is -0.461 e. The van der Waals surface area contributed by atoms with E-state index < -0.39 is 0 Å². The average molecular weight is 239 g/mol. The largest absolute Gasteiger partial charge is 0.461 e. The van der Waals surface area contributed by atoms with E-state index in [9.17, 15) is 4.79 Å². The van der Waals surface area contributed by atoms with Crippen molar-refractivity contribution in [2.45, 2.75) is 12.8 Å². The van der Waals surface area contributed by atoms with Crippen molar-refractivity contribution in [3.05, 3.63) is 22.4 Å². The average Bonchev–Trinajstić information content (AvgIpc) is 2.79. The maximum absolute atomic E-state index is 11.6. The van der Waals surface area contributed by atoms with Gasteiger partial charge in [0.15, 0.2) is 0 Å². The van der Waals surface area contributed by atoms with Crippen LogP contribution in [0, 0.1) is 5.92 Å². The zero-order chi connectivity index (χ0) is 11.4. The highest BCUT2D eigenvalue weighted by Gasteiger charge is 2.19. The summed E-state index contributed by atoms with van der Waals surface area (Å²) in [5.74, 6) is 0.325. The third kappa shape index (κ3) is 3.06. The van der Waals surface area contributed by atoms with E-state index in [0.29, 0.717) is 17.4 Å². The Morgan fingerprint density at radius 2 is 2.56 bits per heavy atom. The van der Waals surface area contributed by atoms with Crippen LogP contribution < -0.4 is 0 Å². The molecule has 0 aromatic carbocycles. The van der Waals surface area contributed by atoms with Crippen molar-refractivity contribution in [1.29, 1.82) is 0 Å². The topological polar surface area (TPSA) is 29.5 Å². The first-order valence-corrected chi connectivity index (χ1v) is 6.53. The van der Waals surface area contributed by atoms with E-state index in [1.165, 1.54) is 24.2 Å². The number of piperidine rings is 1. The van der Waals surface area contributed by atoms with Crippen LogP contribution >= 0.6 is 11.3 Å². The lowest BCUT2D eigenvalue weighted by molar-refractivity contribution is 0.0377. The second-order valence-electron chi connectivity index (χ2n) is 4.35. The van der Waals surface area contributed by atoms with Crippen LogP contribution in [0.25, 0.3) is 0 Å². The first kappa shape index (κ1) is 11.6. The highest BCUT2D eigenvalue weighted by Crippen LogP contribution is 2.17. The van der Waals surface area contributed by atoms with Crippen LogP contribution in [0.5, 0.6) is 0 Å². The molecule has 0 aliphatic carbocycles. The van der Waals surface area contributed by atoms with Gasteiger partial charge in [-0.05, 0) is 37.9 Å². The molecular formula is C12H17NO2S. The van der Waals surface area contributed by atoms with E-state index in [4.69, 9.17) is 4.74 Å². The quantitative estimate of drug-likeness (QED) is 0.758. The molecule has 3 nitrogen and oxygen atoms in total. The number of rotatable bonds is 3. The van der Waals surface area contributed by atoms with Crippen LogP contribution in [0.1, 0.15) is 22.5 Å². The van der Waals surface area contributed by atoms with Gasteiger partial charge < -0.3 is 9.64 Å². The maximum Gasteiger partial charge on any atom is 0.348 e. The van der Waals surface area contributed by atoms with Gasteiger partial charge in [0.05, 0.1) is 6.61 Å². The van der Waals surface area contributed by atoms with Crippen molar-refractivity contribution in [3.8, 4) is 0 Å². The molecule has 0 saturated carbocycles. The van der Waals surface area contributed by atoms with E-state index in [1.807, 2.05) is 11.4 Å². The highest BCUT2D eigenvalue weighted by atomic mass is 32.1. The molecule has 0 N–H and O–H groups in total. The number of ether oxygens (including phenoxy) is 1. The number of carbonyl (C=O) groups is 1. The van der Waals surface area contributed by atoms with Gasteiger partial charge in [0, 0.05) is 12.5 Å². The van der Waals surface area contributed by atoms with Gasteiger partial charge in [-0.2, -0.15) is 0 Å².